The Labute approximate surface area is 106 Å². The number of ether oxygens (including phenoxy) is 1. The molecule has 0 unspecified atom stereocenters. The predicted molar refractivity (Wildman–Crippen MR) is 68.7 cm³/mol. The summed E-state index contributed by atoms with van der Waals surface area (Å²) in [7, 11) is -1.14. The lowest BCUT2D eigenvalue weighted by Gasteiger charge is -2.15. The van der Waals surface area contributed by atoms with Crippen molar-refractivity contribution in [2.24, 2.45) is 0 Å². The maximum Gasteiger partial charge on any atom is 0.356 e. The first-order valence-electron chi connectivity index (χ1n) is 5.62. The molecule has 102 valence electrons. The monoisotopic (exact) mass is 273 g/mol. The van der Waals surface area contributed by atoms with Gasteiger partial charge in [0.15, 0.2) is 11.5 Å². The summed E-state index contributed by atoms with van der Waals surface area (Å²) < 4.78 is 6.69. The molecule has 18 heavy (non-hydrogen) atoms. The highest BCUT2D eigenvalue weighted by Crippen LogP contribution is 2.11. The van der Waals surface area contributed by atoms with E-state index in [1.807, 2.05) is 5.48 Å². The van der Waals surface area contributed by atoms with Crippen LogP contribution >= 0.6 is 0 Å². The zero-order chi connectivity index (χ0) is 13.8. The molecule has 0 saturated heterocycles. The van der Waals surface area contributed by atoms with E-state index < -0.39 is 14.0 Å². The van der Waals surface area contributed by atoms with Gasteiger partial charge in [0, 0.05) is 20.7 Å². The number of nitrogens with zero attached hydrogens (tertiary/aromatic N) is 2. The van der Waals surface area contributed by atoms with Crippen molar-refractivity contribution in [1.29, 1.82) is 0 Å². The second-order valence-corrected chi connectivity index (χ2v) is 10.8. The molecule has 0 amide bonds. The summed E-state index contributed by atoms with van der Waals surface area (Å²) in [4.78, 5) is 10.7. The smallest absolute Gasteiger partial charge is 0.356 e. The third kappa shape index (κ3) is 4.47. The van der Waals surface area contributed by atoms with E-state index in [1.165, 1.54) is 10.7 Å². The summed E-state index contributed by atoms with van der Waals surface area (Å²) in [5.41, 5.74) is 1.76. The Kier molecular flexibility index (Phi) is 4.88. The van der Waals surface area contributed by atoms with Crippen LogP contribution in [-0.2, 0) is 11.5 Å². The molecule has 0 spiro atoms. The van der Waals surface area contributed by atoms with E-state index >= 15 is 0 Å². The zero-order valence-electron chi connectivity index (χ0n) is 10.8. The molecule has 1 aromatic heterocycles. The van der Waals surface area contributed by atoms with Gasteiger partial charge in [-0.1, -0.05) is 19.6 Å². The van der Waals surface area contributed by atoms with Gasteiger partial charge in [0.25, 0.3) is 0 Å². The third-order valence-corrected chi connectivity index (χ3v) is 4.03. The van der Waals surface area contributed by atoms with Crippen molar-refractivity contribution >= 4 is 19.9 Å². The van der Waals surface area contributed by atoms with Gasteiger partial charge in [-0.15, -0.1) is 0 Å². The highest BCUT2D eigenvalue weighted by Gasteiger charge is 2.14. The minimum Gasteiger partial charge on any atom is -0.476 e. The first kappa shape index (κ1) is 14.7. The van der Waals surface area contributed by atoms with Crippen LogP contribution in [0, 0.1) is 0 Å². The van der Waals surface area contributed by atoms with Crippen molar-refractivity contribution in [2.75, 3.05) is 12.1 Å². The van der Waals surface area contributed by atoms with Crippen LogP contribution in [0.25, 0.3) is 0 Å². The van der Waals surface area contributed by atoms with Gasteiger partial charge in [0.05, 0.1) is 0 Å². The van der Waals surface area contributed by atoms with Crippen LogP contribution in [0.5, 0.6) is 0 Å². The van der Waals surface area contributed by atoms with Gasteiger partial charge in [-0.25, -0.2) is 9.48 Å². The minimum absolute atomic E-state index is 0.112. The van der Waals surface area contributed by atoms with E-state index in [0.29, 0.717) is 6.61 Å². The fourth-order valence-corrected chi connectivity index (χ4v) is 2.00. The van der Waals surface area contributed by atoms with Gasteiger partial charge in [0.1, 0.15) is 6.73 Å². The van der Waals surface area contributed by atoms with E-state index in [0.717, 1.165) is 6.04 Å². The van der Waals surface area contributed by atoms with Gasteiger partial charge < -0.3 is 9.84 Å². The molecule has 1 rings (SSSR count). The van der Waals surface area contributed by atoms with Crippen LogP contribution in [-0.4, -0.2) is 40.7 Å². The highest BCUT2D eigenvalue weighted by molar-refractivity contribution is 6.76. The van der Waals surface area contributed by atoms with Crippen LogP contribution in [0.3, 0.4) is 0 Å². The number of aromatic nitrogens is 2. The number of carboxylic acid groups (broad SMARTS) is 1. The van der Waals surface area contributed by atoms with Gasteiger partial charge in [-0.3, -0.25) is 10.7 Å². The Morgan fingerprint density at radius 2 is 2.22 bits per heavy atom. The van der Waals surface area contributed by atoms with Crippen molar-refractivity contribution in [3.63, 3.8) is 0 Å². The fraction of sp³-hybridized carbons (Fsp3) is 0.600. The molecular formula is C10H19N3O4Si. The zero-order valence-corrected chi connectivity index (χ0v) is 11.8. The number of anilines is 1. The van der Waals surface area contributed by atoms with Gasteiger partial charge in [-0.05, 0) is 6.04 Å². The molecule has 0 bridgehead atoms. The lowest BCUT2D eigenvalue weighted by Crippen LogP contribution is -2.22. The maximum atomic E-state index is 10.7. The quantitative estimate of drug-likeness (QED) is 0.397. The van der Waals surface area contributed by atoms with Crippen molar-refractivity contribution in [3.8, 4) is 0 Å². The van der Waals surface area contributed by atoms with Gasteiger partial charge in [0.2, 0.25) is 0 Å². The Morgan fingerprint density at radius 1 is 1.56 bits per heavy atom. The maximum absolute atomic E-state index is 10.7. The van der Waals surface area contributed by atoms with Crippen molar-refractivity contribution in [1.82, 2.24) is 9.78 Å². The second kappa shape index (κ2) is 5.98. The molecule has 0 atom stereocenters. The number of carbonyl (C=O) groups is 1. The second-order valence-electron chi connectivity index (χ2n) is 5.18. The third-order valence-electron chi connectivity index (χ3n) is 2.32. The molecule has 0 aliphatic heterocycles. The number of rotatable bonds is 7. The van der Waals surface area contributed by atoms with Crippen molar-refractivity contribution < 1.29 is 19.8 Å². The topological polar surface area (TPSA) is 96.6 Å². The summed E-state index contributed by atoms with van der Waals surface area (Å²) in [5.74, 6) is -0.951. The van der Waals surface area contributed by atoms with Crippen LogP contribution in [0.1, 0.15) is 10.5 Å². The van der Waals surface area contributed by atoms with Crippen LogP contribution in [0.4, 0.5) is 5.82 Å². The lowest BCUT2D eigenvalue weighted by atomic mass is 10.4. The highest BCUT2D eigenvalue weighted by atomic mass is 28.3. The van der Waals surface area contributed by atoms with E-state index in [4.69, 9.17) is 15.1 Å². The van der Waals surface area contributed by atoms with Crippen molar-refractivity contribution in [2.45, 2.75) is 32.4 Å². The summed E-state index contributed by atoms with van der Waals surface area (Å²) >= 11 is 0. The summed E-state index contributed by atoms with van der Waals surface area (Å²) in [6.07, 6.45) is 0. The largest absolute Gasteiger partial charge is 0.476 e. The summed E-state index contributed by atoms with van der Waals surface area (Å²) in [6.45, 7) is 7.44. The molecule has 8 heteroatoms. The van der Waals surface area contributed by atoms with Gasteiger partial charge >= 0.3 is 5.97 Å². The van der Waals surface area contributed by atoms with E-state index in [2.05, 4.69) is 24.7 Å². The number of hydrogen-bond acceptors (Lipinski definition) is 5. The summed E-state index contributed by atoms with van der Waals surface area (Å²) in [5, 5.41) is 21.4. The molecule has 0 fully saturated rings. The molecule has 0 aromatic carbocycles. The van der Waals surface area contributed by atoms with Crippen LogP contribution in [0.15, 0.2) is 6.07 Å². The van der Waals surface area contributed by atoms with E-state index in [-0.39, 0.29) is 18.2 Å². The molecule has 3 N–H and O–H groups in total. The van der Waals surface area contributed by atoms with E-state index in [9.17, 15) is 4.79 Å². The predicted octanol–water partition coefficient (Wildman–Crippen LogP) is 1.69. The molecule has 0 radical (unpaired) electrons. The molecule has 0 saturated carbocycles. The minimum atomic E-state index is -1.15. The molecule has 7 nitrogen and oxygen atoms in total. The first-order chi connectivity index (χ1) is 8.33. The first-order valence-corrected chi connectivity index (χ1v) is 9.33. The molecule has 0 aliphatic carbocycles. The number of carboxylic acids is 1. The Balaban J connectivity index is 2.53. The Morgan fingerprint density at radius 3 is 2.72 bits per heavy atom. The molecular weight excluding hydrogens is 254 g/mol. The van der Waals surface area contributed by atoms with Crippen molar-refractivity contribution in [3.05, 3.63) is 11.8 Å². The molecule has 1 heterocycles. The van der Waals surface area contributed by atoms with Crippen LogP contribution in [0.2, 0.25) is 25.7 Å². The normalized spacial score (nSPS) is 11.6. The van der Waals surface area contributed by atoms with E-state index in [1.54, 1.807) is 0 Å². The number of aromatic carboxylic acids is 1. The Bertz CT molecular complexity index is 414. The number of nitrogens with one attached hydrogen (secondary N) is 1. The lowest BCUT2D eigenvalue weighted by molar-refractivity contribution is 0.0672. The molecule has 1 aromatic rings. The van der Waals surface area contributed by atoms with Crippen LogP contribution < -0.4 is 5.48 Å². The summed E-state index contributed by atoms with van der Waals surface area (Å²) in [6, 6.07) is 2.26. The average Bonchev–Trinajstić information content (AvgIpc) is 2.66. The standard InChI is InChI=1S/C10H19N3O4Si/c1-18(2,3)5-4-17-7-13-9(12-16)6-8(11-13)10(14)15/h6,12,16H,4-5,7H2,1-3H3,(H,14,15). The fourth-order valence-electron chi connectivity index (χ4n) is 1.24. The Hall–Kier alpha value is -1.38. The molecule has 0 aliphatic rings. The SMILES string of the molecule is C[Si](C)(C)CCOCn1nc(C(=O)O)cc1NO. The van der Waals surface area contributed by atoms with Gasteiger partial charge in [-0.2, -0.15) is 5.10 Å². The average molecular weight is 273 g/mol. The number of hydrogen-bond donors (Lipinski definition) is 3.